The molecule has 0 radical (unpaired) electrons. The Morgan fingerprint density at radius 1 is 1.18 bits per heavy atom. The minimum atomic E-state index is -3.56. The number of amides is 1. The summed E-state index contributed by atoms with van der Waals surface area (Å²) >= 11 is 0. The Hall–Kier alpha value is -2.32. The van der Waals surface area contributed by atoms with Crippen molar-refractivity contribution in [1.82, 2.24) is 20.0 Å². The van der Waals surface area contributed by atoms with Gasteiger partial charge < -0.3 is 5.32 Å². The zero-order chi connectivity index (χ0) is 19.7. The van der Waals surface area contributed by atoms with Gasteiger partial charge in [0.1, 0.15) is 6.33 Å². The molecule has 1 aromatic carbocycles. The van der Waals surface area contributed by atoms with E-state index in [9.17, 15) is 13.2 Å². The fourth-order valence-electron chi connectivity index (χ4n) is 4.08. The Bertz CT molecular complexity index is 1000. The number of nitrogens with zero attached hydrogens (tertiary/aromatic N) is 2. The Balaban J connectivity index is 1.55. The van der Waals surface area contributed by atoms with E-state index in [0.29, 0.717) is 11.3 Å². The second-order valence-corrected chi connectivity index (χ2v) is 9.26. The van der Waals surface area contributed by atoms with Gasteiger partial charge in [-0.3, -0.25) is 4.79 Å². The summed E-state index contributed by atoms with van der Waals surface area (Å²) in [7, 11) is -3.56. The van der Waals surface area contributed by atoms with Crippen LogP contribution in [0, 0.1) is 6.92 Å². The van der Waals surface area contributed by atoms with Gasteiger partial charge in [-0.25, -0.2) is 23.1 Å². The van der Waals surface area contributed by atoms with Gasteiger partial charge in [0.05, 0.1) is 22.2 Å². The van der Waals surface area contributed by atoms with Crippen LogP contribution < -0.4 is 10.0 Å². The largest absolute Gasteiger partial charge is 0.345 e. The van der Waals surface area contributed by atoms with E-state index < -0.39 is 10.0 Å². The minimum absolute atomic E-state index is 0.0230. The van der Waals surface area contributed by atoms with Crippen molar-refractivity contribution in [3.05, 3.63) is 53.1 Å². The van der Waals surface area contributed by atoms with Crippen molar-refractivity contribution in [2.75, 3.05) is 0 Å². The van der Waals surface area contributed by atoms with Gasteiger partial charge in [-0.2, -0.15) is 0 Å². The predicted octanol–water partition coefficient (Wildman–Crippen LogP) is 2.42. The fourth-order valence-corrected chi connectivity index (χ4v) is 5.42. The summed E-state index contributed by atoms with van der Waals surface area (Å²) in [6.07, 6.45) is 8.37. The van der Waals surface area contributed by atoms with Gasteiger partial charge in [-0.15, -0.1) is 0 Å². The van der Waals surface area contributed by atoms with Gasteiger partial charge in [0.25, 0.3) is 5.91 Å². The number of carbonyl (C=O) groups excluding carboxylic acids is 1. The fraction of sp³-hybridized carbons (Fsp3) is 0.450. The molecule has 0 bridgehead atoms. The van der Waals surface area contributed by atoms with Gasteiger partial charge in [0.2, 0.25) is 10.0 Å². The monoisotopic (exact) mass is 400 g/mol. The molecule has 2 N–H and O–H groups in total. The van der Waals surface area contributed by atoms with Crippen LogP contribution in [0.2, 0.25) is 0 Å². The van der Waals surface area contributed by atoms with E-state index in [2.05, 4.69) is 20.0 Å². The first kappa shape index (κ1) is 19.0. The van der Waals surface area contributed by atoms with Crippen molar-refractivity contribution < 1.29 is 13.2 Å². The number of nitrogens with one attached hydrogen (secondary N) is 2. The first-order chi connectivity index (χ1) is 13.4. The summed E-state index contributed by atoms with van der Waals surface area (Å²) in [5.41, 5.74) is 2.99. The lowest BCUT2D eigenvalue weighted by Gasteiger charge is -2.17. The standard InChI is InChI=1S/C20H24N4O3S/c1-13-18(11-21-12-22-13)20(25)23-19-9-7-14-6-8-16(10-17(14)19)28(26,27)24-15-4-2-3-5-15/h6,8,10-12,15,19,24H,2-5,7,9H2,1H3,(H,23,25). The molecule has 0 aliphatic heterocycles. The van der Waals surface area contributed by atoms with Crippen molar-refractivity contribution in [3.63, 3.8) is 0 Å². The zero-order valence-electron chi connectivity index (χ0n) is 15.8. The summed E-state index contributed by atoms with van der Waals surface area (Å²) < 4.78 is 28.4. The normalized spacial score (nSPS) is 19.5. The number of benzene rings is 1. The van der Waals surface area contributed by atoms with E-state index in [1.165, 1.54) is 12.5 Å². The molecule has 0 saturated heterocycles. The molecule has 2 aliphatic rings. The number of rotatable bonds is 5. The first-order valence-corrected chi connectivity index (χ1v) is 11.1. The van der Waals surface area contributed by atoms with Crippen LogP contribution >= 0.6 is 0 Å². The average Bonchev–Trinajstić information content (AvgIpc) is 3.31. The van der Waals surface area contributed by atoms with Crippen LogP contribution in [-0.2, 0) is 16.4 Å². The lowest BCUT2D eigenvalue weighted by molar-refractivity contribution is 0.0935. The summed E-state index contributed by atoms with van der Waals surface area (Å²) in [4.78, 5) is 20.9. The number of sulfonamides is 1. The van der Waals surface area contributed by atoms with Gasteiger partial charge in [0, 0.05) is 12.2 Å². The smallest absolute Gasteiger partial charge is 0.255 e. The first-order valence-electron chi connectivity index (χ1n) is 9.66. The molecule has 1 fully saturated rings. The van der Waals surface area contributed by atoms with Gasteiger partial charge in [-0.05, 0) is 55.9 Å². The molecule has 1 saturated carbocycles. The number of aromatic nitrogens is 2. The maximum Gasteiger partial charge on any atom is 0.255 e. The molecule has 4 rings (SSSR count). The highest BCUT2D eigenvalue weighted by atomic mass is 32.2. The van der Waals surface area contributed by atoms with Crippen LogP contribution in [0.25, 0.3) is 0 Å². The molecule has 2 aliphatic carbocycles. The number of hydrogen-bond donors (Lipinski definition) is 2. The minimum Gasteiger partial charge on any atom is -0.345 e. The van der Waals surface area contributed by atoms with Gasteiger partial charge >= 0.3 is 0 Å². The van der Waals surface area contributed by atoms with Crippen molar-refractivity contribution in [2.45, 2.75) is 62.4 Å². The van der Waals surface area contributed by atoms with Gasteiger partial charge in [0.15, 0.2) is 0 Å². The number of carbonyl (C=O) groups is 1. The van der Waals surface area contributed by atoms with Crippen molar-refractivity contribution in [3.8, 4) is 0 Å². The molecule has 1 atom stereocenters. The second kappa shape index (κ2) is 7.60. The Labute approximate surface area is 165 Å². The van der Waals surface area contributed by atoms with E-state index in [-0.39, 0.29) is 22.9 Å². The highest BCUT2D eigenvalue weighted by Crippen LogP contribution is 2.33. The van der Waals surface area contributed by atoms with Crippen LogP contribution in [-0.4, -0.2) is 30.3 Å². The van der Waals surface area contributed by atoms with Crippen molar-refractivity contribution >= 4 is 15.9 Å². The SMILES string of the molecule is Cc1ncncc1C(=O)NC1CCc2ccc(S(=O)(=O)NC3CCCC3)cc21. The number of fused-ring (bicyclic) bond motifs is 1. The van der Waals surface area contributed by atoms with E-state index in [4.69, 9.17) is 0 Å². The number of hydrogen-bond acceptors (Lipinski definition) is 5. The Morgan fingerprint density at radius 3 is 2.71 bits per heavy atom. The highest BCUT2D eigenvalue weighted by Gasteiger charge is 2.28. The van der Waals surface area contributed by atoms with Crippen molar-refractivity contribution in [2.24, 2.45) is 0 Å². The maximum absolute atomic E-state index is 12.8. The average molecular weight is 401 g/mol. The lowest BCUT2D eigenvalue weighted by Crippen LogP contribution is -2.33. The lowest BCUT2D eigenvalue weighted by atomic mass is 10.1. The molecular formula is C20H24N4O3S. The summed E-state index contributed by atoms with van der Waals surface area (Å²) in [5.74, 6) is -0.242. The third kappa shape index (κ3) is 3.79. The van der Waals surface area contributed by atoms with Crippen LogP contribution in [0.4, 0.5) is 0 Å². The molecule has 1 amide bonds. The van der Waals surface area contributed by atoms with Gasteiger partial charge in [-0.1, -0.05) is 18.9 Å². The molecule has 28 heavy (non-hydrogen) atoms. The molecule has 2 aromatic rings. The van der Waals surface area contributed by atoms with E-state index in [0.717, 1.165) is 49.7 Å². The topological polar surface area (TPSA) is 101 Å². The molecular weight excluding hydrogens is 376 g/mol. The summed E-state index contributed by atoms with van der Waals surface area (Å²) in [6, 6.07) is 5.04. The molecule has 8 heteroatoms. The Kier molecular flexibility index (Phi) is 5.16. The van der Waals surface area contributed by atoms with Crippen molar-refractivity contribution in [1.29, 1.82) is 0 Å². The second-order valence-electron chi connectivity index (χ2n) is 7.55. The van der Waals surface area contributed by atoms with Crippen LogP contribution in [0.1, 0.15) is 65.3 Å². The molecule has 1 aromatic heterocycles. The summed E-state index contributed by atoms with van der Waals surface area (Å²) in [6.45, 7) is 1.76. The van der Waals surface area contributed by atoms with E-state index in [1.54, 1.807) is 19.1 Å². The molecule has 1 heterocycles. The summed E-state index contributed by atoms with van der Waals surface area (Å²) in [5, 5.41) is 3.01. The van der Waals surface area contributed by atoms with Crippen LogP contribution in [0.15, 0.2) is 35.6 Å². The molecule has 7 nitrogen and oxygen atoms in total. The number of aryl methyl sites for hydroxylation is 2. The third-order valence-electron chi connectivity index (χ3n) is 5.64. The third-order valence-corrected chi connectivity index (χ3v) is 7.16. The van der Waals surface area contributed by atoms with E-state index >= 15 is 0 Å². The zero-order valence-corrected chi connectivity index (χ0v) is 16.6. The highest BCUT2D eigenvalue weighted by molar-refractivity contribution is 7.89. The molecule has 0 spiro atoms. The Morgan fingerprint density at radius 2 is 1.96 bits per heavy atom. The van der Waals surface area contributed by atoms with Crippen LogP contribution in [0.5, 0.6) is 0 Å². The molecule has 1 unspecified atom stereocenters. The van der Waals surface area contributed by atoms with E-state index in [1.807, 2.05) is 6.07 Å². The van der Waals surface area contributed by atoms with Crippen LogP contribution in [0.3, 0.4) is 0 Å². The molecule has 148 valence electrons. The maximum atomic E-state index is 12.8. The predicted molar refractivity (Wildman–Crippen MR) is 104 cm³/mol. The quantitative estimate of drug-likeness (QED) is 0.803.